The maximum absolute atomic E-state index is 12.1. The lowest BCUT2D eigenvalue weighted by atomic mass is 10.1. The number of carbonyl (C=O) groups excluding carboxylic acids is 1. The summed E-state index contributed by atoms with van der Waals surface area (Å²) in [6.07, 6.45) is 5.81. The number of carboxylic acid groups (broad SMARTS) is 1. The SMILES string of the molecule is Cc1cnccc1NC(=O)c1ccc(C=CC(=O)O)cc1. The molecule has 0 saturated carbocycles. The molecule has 0 atom stereocenters. The van der Waals surface area contributed by atoms with Crippen molar-refractivity contribution >= 4 is 23.6 Å². The first kappa shape index (κ1) is 14.5. The van der Waals surface area contributed by atoms with Crippen molar-refractivity contribution in [2.24, 2.45) is 0 Å². The monoisotopic (exact) mass is 282 g/mol. The van der Waals surface area contributed by atoms with Crippen molar-refractivity contribution in [3.63, 3.8) is 0 Å². The lowest BCUT2D eigenvalue weighted by molar-refractivity contribution is -0.131. The number of carbonyl (C=O) groups is 2. The first-order valence-corrected chi connectivity index (χ1v) is 6.29. The van der Waals surface area contributed by atoms with E-state index in [1.165, 1.54) is 6.08 Å². The van der Waals surface area contributed by atoms with E-state index in [9.17, 15) is 9.59 Å². The molecular formula is C16H14N2O3. The third kappa shape index (κ3) is 4.01. The van der Waals surface area contributed by atoms with E-state index in [0.717, 1.165) is 11.6 Å². The molecule has 2 rings (SSSR count). The molecular weight excluding hydrogens is 268 g/mol. The highest BCUT2D eigenvalue weighted by Gasteiger charge is 2.07. The van der Waals surface area contributed by atoms with Crippen LogP contribution in [0.3, 0.4) is 0 Å². The number of hydrogen-bond donors (Lipinski definition) is 2. The fourth-order valence-electron chi connectivity index (χ4n) is 1.72. The van der Waals surface area contributed by atoms with Gasteiger partial charge in [-0.05, 0) is 42.3 Å². The molecule has 0 spiro atoms. The summed E-state index contributed by atoms with van der Waals surface area (Å²) in [7, 11) is 0. The van der Waals surface area contributed by atoms with Crippen molar-refractivity contribution in [3.8, 4) is 0 Å². The normalized spacial score (nSPS) is 10.5. The molecule has 1 aromatic carbocycles. The van der Waals surface area contributed by atoms with Gasteiger partial charge in [0.15, 0.2) is 0 Å². The lowest BCUT2D eigenvalue weighted by Crippen LogP contribution is -2.12. The van der Waals surface area contributed by atoms with E-state index in [1.54, 1.807) is 42.7 Å². The minimum atomic E-state index is -1.01. The van der Waals surface area contributed by atoms with Crippen LogP contribution in [0, 0.1) is 6.92 Å². The van der Waals surface area contributed by atoms with Gasteiger partial charge in [0.25, 0.3) is 5.91 Å². The highest BCUT2D eigenvalue weighted by Crippen LogP contribution is 2.14. The van der Waals surface area contributed by atoms with Crippen LogP contribution in [0.2, 0.25) is 0 Å². The molecule has 0 aliphatic rings. The number of aromatic nitrogens is 1. The number of aliphatic carboxylic acids is 1. The van der Waals surface area contributed by atoms with Gasteiger partial charge in [-0.25, -0.2) is 4.79 Å². The molecule has 1 heterocycles. The number of nitrogens with one attached hydrogen (secondary N) is 1. The molecule has 0 radical (unpaired) electrons. The van der Waals surface area contributed by atoms with Gasteiger partial charge in [-0.2, -0.15) is 0 Å². The fraction of sp³-hybridized carbons (Fsp3) is 0.0625. The average molecular weight is 282 g/mol. The Morgan fingerprint density at radius 1 is 1.19 bits per heavy atom. The Morgan fingerprint density at radius 2 is 1.90 bits per heavy atom. The van der Waals surface area contributed by atoms with Crippen LogP contribution < -0.4 is 5.32 Å². The number of nitrogens with zero attached hydrogens (tertiary/aromatic N) is 1. The minimum Gasteiger partial charge on any atom is -0.478 e. The zero-order valence-electron chi connectivity index (χ0n) is 11.4. The fourth-order valence-corrected chi connectivity index (χ4v) is 1.72. The van der Waals surface area contributed by atoms with Gasteiger partial charge in [-0.1, -0.05) is 12.1 Å². The molecule has 0 aliphatic heterocycles. The van der Waals surface area contributed by atoms with E-state index >= 15 is 0 Å². The molecule has 1 amide bonds. The summed E-state index contributed by atoms with van der Waals surface area (Å²) in [6, 6.07) is 8.40. The zero-order chi connectivity index (χ0) is 15.2. The van der Waals surface area contributed by atoms with Crippen LogP contribution in [0.1, 0.15) is 21.5 Å². The van der Waals surface area contributed by atoms with E-state index in [0.29, 0.717) is 16.8 Å². The van der Waals surface area contributed by atoms with Crippen molar-refractivity contribution in [1.29, 1.82) is 0 Å². The number of aryl methyl sites for hydroxylation is 1. The first-order valence-electron chi connectivity index (χ1n) is 6.29. The average Bonchev–Trinajstić information content (AvgIpc) is 2.48. The Hall–Kier alpha value is -2.95. The van der Waals surface area contributed by atoms with Crippen LogP contribution in [-0.2, 0) is 4.79 Å². The Balaban J connectivity index is 2.10. The van der Waals surface area contributed by atoms with E-state index < -0.39 is 5.97 Å². The number of rotatable bonds is 4. The summed E-state index contributed by atoms with van der Waals surface area (Å²) >= 11 is 0. The second-order valence-electron chi connectivity index (χ2n) is 4.44. The third-order valence-corrected chi connectivity index (χ3v) is 2.86. The van der Waals surface area contributed by atoms with Crippen molar-refractivity contribution in [2.75, 3.05) is 5.32 Å². The maximum atomic E-state index is 12.1. The number of anilines is 1. The second kappa shape index (κ2) is 6.47. The number of pyridine rings is 1. The number of benzene rings is 1. The quantitative estimate of drug-likeness (QED) is 0.845. The predicted octanol–water partition coefficient (Wildman–Crippen LogP) is 2.74. The van der Waals surface area contributed by atoms with Gasteiger partial charge in [0.1, 0.15) is 0 Å². The summed E-state index contributed by atoms with van der Waals surface area (Å²) in [5.41, 5.74) is 2.81. The molecule has 21 heavy (non-hydrogen) atoms. The van der Waals surface area contributed by atoms with E-state index in [1.807, 2.05) is 6.92 Å². The first-order chi connectivity index (χ1) is 10.1. The molecule has 0 fully saturated rings. The van der Waals surface area contributed by atoms with Gasteiger partial charge >= 0.3 is 5.97 Å². The molecule has 0 saturated heterocycles. The highest BCUT2D eigenvalue weighted by atomic mass is 16.4. The Labute approximate surface area is 122 Å². The molecule has 106 valence electrons. The highest BCUT2D eigenvalue weighted by molar-refractivity contribution is 6.04. The van der Waals surface area contributed by atoms with Gasteiger partial charge < -0.3 is 10.4 Å². The number of amides is 1. The molecule has 0 unspecified atom stereocenters. The van der Waals surface area contributed by atoms with E-state index in [-0.39, 0.29) is 5.91 Å². The molecule has 5 nitrogen and oxygen atoms in total. The van der Waals surface area contributed by atoms with Crippen LogP contribution in [0.4, 0.5) is 5.69 Å². The molecule has 2 N–H and O–H groups in total. The van der Waals surface area contributed by atoms with Gasteiger partial charge in [-0.15, -0.1) is 0 Å². The van der Waals surface area contributed by atoms with E-state index in [2.05, 4.69) is 10.3 Å². The number of carboxylic acids is 1. The Morgan fingerprint density at radius 3 is 2.52 bits per heavy atom. The summed E-state index contributed by atoms with van der Waals surface area (Å²) in [4.78, 5) is 26.5. The largest absolute Gasteiger partial charge is 0.478 e. The number of hydrogen-bond acceptors (Lipinski definition) is 3. The molecule has 0 aliphatic carbocycles. The van der Waals surface area contributed by atoms with E-state index in [4.69, 9.17) is 5.11 Å². The maximum Gasteiger partial charge on any atom is 0.328 e. The smallest absolute Gasteiger partial charge is 0.328 e. The molecule has 0 bridgehead atoms. The third-order valence-electron chi connectivity index (χ3n) is 2.86. The Kier molecular flexibility index (Phi) is 4.46. The van der Waals surface area contributed by atoms with Gasteiger partial charge in [0.2, 0.25) is 0 Å². The second-order valence-corrected chi connectivity index (χ2v) is 4.44. The summed E-state index contributed by atoms with van der Waals surface area (Å²) in [5.74, 6) is -1.23. The van der Waals surface area contributed by atoms with Crippen molar-refractivity contribution in [2.45, 2.75) is 6.92 Å². The van der Waals surface area contributed by atoms with Crippen LogP contribution >= 0.6 is 0 Å². The topological polar surface area (TPSA) is 79.3 Å². The predicted molar refractivity (Wildman–Crippen MR) is 80.0 cm³/mol. The minimum absolute atomic E-state index is 0.224. The zero-order valence-corrected chi connectivity index (χ0v) is 11.4. The van der Waals surface area contributed by atoms with Crippen LogP contribution in [-0.4, -0.2) is 22.0 Å². The van der Waals surface area contributed by atoms with Gasteiger partial charge in [0, 0.05) is 29.7 Å². The lowest BCUT2D eigenvalue weighted by Gasteiger charge is -2.07. The molecule has 2 aromatic rings. The standard InChI is InChI=1S/C16H14N2O3/c1-11-10-17-9-8-14(11)18-16(21)13-5-2-12(3-6-13)4-7-15(19)20/h2-10H,1H3,(H,19,20)(H,17,18,21). The molecule has 1 aromatic heterocycles. The molecule has 5 heteroatoms. The summed E-state index contributed by atoms with van der Waals surface area (Å²) < 4.78 is 0. The van der Waals surface area contributed by atoms with Crippen LogP contribution in [0.15, 0.2) is 48.8 Å². The van der Waals surface area contributed by atoms with Crippen molar-refractivity contribution in [3.05, 3.63) is 65.5 Å². The van der Waals surface area contributed by atoms with Crippen molar-refractivity contribution < 1.29 is 14.7 Å². The van der Waals surface area contributed by atoms with Crippen LogP contribution in [0.5, 0.6) is 0 Å². The summed E-state index contributed by atoms with van der Waals surface area (Å²) in [5, 5.41) is 11.4. The van der Waals surface area contributed by atoms with Crippen molar-refractivity contribution in [1.82, 2.24) is 4.98 Å². The van der Waals surface area contributed by atoms with Gasteiger partial charge in [-0.3, -0.25) is 9.78 Å². The Bertz CT molecular complexity index is 691. The van der Waals surface area contributed by atoms with Crippen LogP contribution in [0.25, 0.3) is 6.08 Å². The summed E-state index contributed by atoms with van der Waals surface area (Å²) in [6.45, 7) is 1.86. The van der Waals surface area contributed by atoms with Gasteiger partial charge in [0.05, 0.1) is 0 Å².